The van der Waals surface area contributed by atoms with E-state index in [1.165, 1.54) is 51.7 Å². The zero-order valence-electron chi connectivity index (χ0n) is 11.5. The predicted molar refractivity (Wildman–Crippen MR) is 71.3 cm³/mol. The Hall–Kier alpha value is -0.120. The van der Waals surface area contributed by atoms with E-state index in [0.29, 0.717) is 11.5 Å². The lowest BCUT2D eigenvalue weighted by atomic mass is 9.82. The molecule has 2 rings (SSSR count). The molecule has 3 heteroatoms. The van der Waals surface area contributed by atoms with Crippen LogP contribution >= 0.6 is 0 Å². The van der Waals surface area contributed by atoms with Gasteiger partial charge in [0.1, 0.15) is 0 Å². The Bertz CT molecular complexity index is 220. The van der Waals surface area contributed by atoms with E-state index in [1.54, 1.807) is 0 Å². The first kappa shape index (κ1) is 13.3. The van der Waals surface area contributed by atoms with Crippen LogP contribution in [0.3, 0.4) is 0 Å². The number of nitrogens with zero attached hydrogens (tertiary/aromatic N) is 1. The number of hydrogen-bond acceptors (Lipinski definition) is 3. The third kappa shape index (κ3) is 4.23. The van der Waals surface area contributed by atoms with Crippen LogP contribution in [0.4, 0.5) is 0 Å². The van der Waals surface area contributed by atoms with E-state index < -0.39 is 0 Å². The largest absolute Gasteiger partial charge is 0.377 e. The van der Waals surface area contributed by atoms with Crippen LogP contribution in [0.25, 0.3) is 0 Å². The summed E-state index contributed by atoms with van der Waals surface area (Å²) in [7, 11) is 2.25. The highest BCUT2D eigenvalue weighted by Crippen LogP contribution is 2.26. The van der Waals surface area contributed by atoms with Crippen LogP contribution in [0.15, 0.2) is 0 Å². The Morgan fingerprint density at radius 1 is 1.35 bits per heavy atom. The molecule has 0 aromatic carbocycles. The van der Waals surface area contributed by atoms with Crippen molar-refractivity contribution in [3.63, 3.8) is 0 Å². The topological polar surface area (TPSA) is 24.5 Å². The van der Waals surface area contributed by atoms with Gasteiger partial charge in [-0.25, -0.2) is 0 Å². The van der Waals surface area contributed by atoms with Crippen molar-refractivity contribution in [3.05, 3.63) is 0 Å². The summed E-state index contributed by atoms with van der Waals surface area (Å²) in [6.45, 7) is 8.05. The Labute approximate surface area is 106 Å². The van der Waals surface area contributed by atoms with Crippen molar-refractivity contribution in [1.29, 1.82) is 0 Å². The molecule has 17 heavy (non-hydrogen) atoms. The molecular weight excluding hydrogens is 212 g/mol. The summed E-state index contributed by atoms with van der Waals surface area (Å²) in [6, 6.07) is 0. The van der Waals surface area contributed by atoms with Crippen molar-refractivity contribution in [2.75, 3.05) is 39.8 Å². The Morgan fingerprint density at radius 2 is 2.24 bits per heavy atom. The van der Waals surface area contributed by atoms with Crippen molar-refractivity contribution < 1.29 is 4.74 Å². The molecule has 2 saturated heterocycles. The zero-order valence-corrected chi connectivity index (χ0v) is 11.5. The Morgan fingerprint density at radius 3 is 2.88 bits per heavy atom. The standard InChI is InChI=1S/C14H28N2O/c1-14(7-5-8-15-11-14)12-16(2)10-13-6-3-4-9-17-13/h13,15H,3-12H2,1-2H3. The minimum atomic E-state index is 0.460. The summed E-state index contributed by atoms with van der Waals surface area (Å²) in [5, 5.41) is 3.53. The summed E-state index contributed by atoms with van der Waals surface area (Å²) in [4.78, 5) is 2.48. The molecule has 0 aromatic rings. The summed E-state index contributed by atoms with van der Waals surface area (Å²) in [5.41, 5.74) is 0.460. The highest BCUT2D eigenvalue weighted by molar-refractivity contribution is 4.84. The van der Waals surface area contributed by atoms with Gasteiger partial charge in [-0.05, 0) is 51.1 Å². The first-order chi connectivity index (χ1) is 8.18. The number of piperidine rings is 1. The molecule has 0 bridgehead atoms. The minimum absolute atomic E-state index is 0.460. The molecule has 3 nitrogen and oxygen atoms in total. The highest BCUT2D eigenvalue weighted by Gasteiger charge is 2.28. The van der Waals surface area contributed by atoms with Crippen LogP contribution in [0.1, 0.15) is 39.0 Å². The normalized spacial score (nSPS) is 35.1. The van der Waals surface area contributed by atoms with Gasteiger partial charge >= 0.3 is 0 Å². The molecule has 2 atom stereocenters. The molecule has 2 aliphatic rings. The van der Waals surface area contributed by atoms with Crippen molar-refractivity contribution in [2.24, 2.45) is 5.41 Å². The van der Waals surface area contributed by atoms with Gasteiger partial charge in [-0.15, -0.1) is 0 Å². The van der Waals surface area contributed by atoms with Crippen molar-refractivity contribution >= 4 is 0 Å². The van der Waals surface area contributed by atoms with Gasteiger partial charge in [-0.2, -0.15) is 0 Å². The van der Waals surface area contributed by atoms with Crippen molar-refractivity contribution in [3.8, 4) is 0 Å². The maximum Gasteiger partial charge on any atom is 0.0701 e. The first-order valence-corrected chi connectivity index (χ1v) is 7.19. The minimum Gasteiger partial charge on any atom is -0.377 e. The fourth-order valence-electron chi connectivity index (χ4n) is 3.27. The molecule has 1 N–H and O–H groups in total. The van der Waals surface area contributed by atoms with Gasteiger partial charge in [0.25, 0.3) is 0 Å². The van der Waals surface area contributed by atoms with Crippen LogP contribution < -0.4 is 5.32 Å². The average molecular weight is 240 g/mol. The quantitative estimate of drug-likeness (QED) is 0.812. The van der Waals surface area contributed by atoms with E-state index in [9.17, 15) is 0 Å². The molecule has 2 heterocycles. The van der Waals surface area contributed by atoms with E-state index >= 15 is 0 Å². The van der Waals surface area contributed by atoms with Gasteiger partial charge in [-0.1, -0.05) is 6.92 Å². The fraction of sp³-hybridized carbons (Fsp3) is 1.00. The van der Waals surface area contributed by atoms with Gasteiger partial charge < -0.3 is 15.0 Å². The molecule has 0 amide bonds. The molecule has 0 radical (unpaired) electrons. The van der Waals surface area contributed by atoms with Crippen molar-refractivity contribution in [1.82, 2.24) is 10.2 Å². The molecule has 0 aliphatic carbocycles. The van der Waals surface area contributed by atoms with Gasteiger partial charge in [0.2, 0.25) is 0 Å². The smallest absolute Gasteiger partial charge is 0.0701 e. The SMILES string of the molecule is CN(CC1CCCCO1)CC1(C)CCCNC1. The second kappa shape index (κ2) is 6.17. The van der Waals surface area contributed by atoms with E-state index in [2.05, 4.69) is 24.2 Å². The summed E-state index contributed by atoms with van der Waals surface area (Å²) < 4.78 is 5.81. The molecular formula is C14H28N2O. The second-order valence-electron chi connectivity index (χ2n) is 6.28. The van der Waals surface area contributed by atoms with Crippen molar-refractivity contribution in [2.45, 2.75) is 45.1 Å². The molecule has 2 unspecified atom stereocenters. The highest BCUT2D eigenvalue weighted by atomic mass is 16.5. The fourth-order valence-corrected chi connectivity index (χ4v) is 3.27. The van der Waals surface area contributed by atoms with Crippen LogP contribution in [-0.2, 0) is 4.74 Å². The lowest BCUT2D eigenvalue weighted by Crippen LogP contribution is -2.46. The first-order valence-electron chi connectivity index (χ1n) is 7.19. The molecule has 0 spiro atoms. The molecule has 2 fully saturated rings. The van der Waals surface area contributed by atoms with Crippen LogP contribution in [0, 0.1) is 5.41 Å². The zero-order chi connectivity index (χ0) is 12.1. The van der Waals surface area contributed by atoms with E-state index in [0.717, 1.165) is 13.2 Å². The molecule has 0 aromatic heterocycles. The number of hydrogen-bond donors (Lipinski definition) is 1. The van der Waals surface area contributed by atoms with Gasteiger partial charge in [0.15, 0.2) is 0 Å². The van der Waals surface area contributed by atoms with Crippen LogP contribution in [0.2, 0.25) is 0 Å². The number of nitrogens with one attached hydrogen (secondary N) is 1. The maximum atomic E-state index is 5.81. The third-order valence-electron chi connectivity index (χ3n) is 4.13. The monoisotopic (exact) mass is 240 g/mol. The van der Waals surface area contributed by atoms with E-state index in [1.807, 2.05) is 0 Å². The summed E-state index contributed by atoms with van der Waals surface area (Å²) in [6.07, 6.45) is 7.01. The third-order valence-corrected chi connectivity index (χ3v) is 4.13. The van der Waals surface area contributed by atoms with Gasteiger partial charge in [0, 0.05) is 26.2 Å². The maximum absolute atomic E-state index is 5.81. The second-order valence-corrected chi connectivity index (χ2v) is 6.28. The Balaban J connectivity index is 1.73. The lowest BCUT2D eigenvalue weighted by Gasteiger charge is -2.38. The van der Waals surface area contributed by atoms with Gasteiger partial charge in [-0.3, -0.25) is 0 Å². The number of likely N-dealkylation sites (N-methyl/N-ethyl adjacent to an activating group) is 1. The molecule has 2 aliphatic heterocycles. The predicted octanol–water partition coefficient (Wildman–Crippen LogP) is 1.88. The summed E-state index contributed by atoms with van der Waals surface area (Å²) in [5.74, 6) is 0. The Kier molecular flexibility index (Phi) is 4.83. The van der Waals surface area contributed by atoms with Crippen LogP contribution in [0.5, 0.6) is 0 Å². The average Bonchev–Trinajstić information content (AvgIpc) is 2.30. The van der Waals surface area contributed by atoms with Gasteiger partial charge in [0.05, 0.1) is 6.10 Å². The van der Waals surface area contributed by atoms with E-state index in [4.69, 9.17) is 4.74 Å². The van der Waals surface area contributed by atoms with E-state index in [-0.39, 0.29) is 0 Å². The number of rotatable bonds is 4. The lowest BCUT2D eigenvalue weighted by molar-refractivity contribution is -0.00826. The molecule has 100 valence electrons. The van der Waals surface area contributed by atoms with Crippen LogP contribution in [-0.4, -0.2) is 50.8 Å². The number of ether oxygens (including phenoxy) is 1. The summed E-state index contributed by atoms with van der Waals surface area (Å²) >= 11 is 0. The molecule has 0 saturated carbocycles.